The number of halogens is 1. The van der Waals surface area contributed by atoms with Crippen molar-refractivity contribution in [1.82, 2.24) is 14.8 Å². The summed E-state index contributed by atoms with van der Waals surface area (Å²) in [6.07, 6.45) is 0. The van der Waals surface area contributed by atoms with Crippen molar-refractivity contribution in [2.45, 2.75) is 37.7 Å². The van der Waals surface area contributed by atoms with Crippen LogP contribution in [0.3, 0.4) is 0 Å². The van der Waals surface area contributed by atoms with Crippen molar-refractivity contribution < 1.29 is 13.9 Å². The fraction of sp³-hybridized carbons (Fsp3) is 0.261. The number of nitrogens with zero attached hydrogens (tertiary/aromatic N) is 3. The maximum atomic E-state index is 14.0. The number of carbonyl (C=O) groups is 1. The number of hydrogen-bond acceptors (Lipinski definition) is 6. The second kappa shape index (κ2) is 8.93. The molecule has 6 nitrogen and oxygen atoms in total. The van der Waals surface area contributed by atoms with Gasteiger partial charge in [-0.25, -0.2) is 13.9 Å². The number of aryl methyl sites for hydroxylation is 1. The van der Waals surface area contributed by atoms with E-state index in [1.165, 1.54) is 17.8 Å². The van der Waals surface area contributed by atoms with Gasteiger partial charge in [-0.1, -0.05) is 59.8 Å². The quantitative estimate of drug-likeness (QED) is 0.437. The van der Waals surface area contributed by atoms with Gasteiger partial charge in [0.05, 0.1) is 12.2 Å². The van der Waals surface area contributed by atoms with Crippen molar-refractivity contribution in [1.29, 1.82) is 0 Å². The highest BCUT2D eigenvalue weighted by Gasteiger charge is 2.35. The number of benzene rings is 2. The van der Waals surface area contributed by atoms with Crippen LogP contribution in [0.4, 0.5) is 10.3 Å². The minimum Gasteiger partial charge on any atom is -0.463 e. The Labute approximate surface area is 184 Å². The van der Waals surface area contributed by atoms with Gasteiger partial charge in [-0.3, -0.25) is 0 Å². The number of thioether (sulfide) groups is 1. The highest BCUT2D eigenvalue weighted by Crippen LogP contribution is 2.37. The maximum absolute atomic E-state index is 14.0. The van der Waals surface area contributed by atoms with Gasteiger partial charge in [0.1, 0.15) is 11.9 Å². The molecule has 2 heterocycles. The molecule has 1 aliphatic rings. The van der Waals surface area contributed by atoms with Crippen LogP contribution in [-0.2, 0) is 15.3 Å². The van der Waals surface area contributed by atoms with Gasteiger partial charge >= 0.3 is 5.97 Å². The summed E-state index contributed by atoms with van der Waals surface area (Å²) in [5, 5.41) is 8.32. The van der Waals surface area contributed by atoms with Crippen LogP contribution < -0.4 is 5.32 Å². The second-order valence-electron chi connectivity index (χ2n) is 7.24. The number of aromatic nitrogens is 3. The molecule has 1 atom stereocenters. The van der Waals surface area contributed by atoms with Gasteiger partial charge in [0.2, 0.25) is 11.1 Å². The molecule has 4 rings (SSSR count). The Bertz CT molecular complexity index is 1140. The van der Waals surface area contributed by atoms with Gasteiger partial charge < -0.3 is 10.1 Å². The number of carbonyl (C=O) groups excluding carboxylic acids is 1. The maximum Gasteiger partial charge on any atom is 0.338 e. The molecule has 0 unspecified atom stereocenters. The minimum absolute atomic E-state index is 0.253. The molecule has 0 spiro atoms. The monoisotopic (exact) mass is 438 g/mol. The topological polar surface area (TPSA) is 69.0 Å². The standard InChI is InChI=1S/C23H23FN4O2S/c1-4-30-21(29)19-15(3)25-22-26-23(31-13-17-7-5-6-8-18(17)24)27-28(22)20(19)16-11-9-14(2)10-12-16/h5-12,20H,4,13H2,1-3H3,(H,25,26,27)/t20-/m0/s1. The van der Waals surface area contributed by atoms with Crippen molar-refractivity contribution in [2.75, 3.05) is 11.9 Å². The summed E-state index contributed by atoms with van der Waals surface area (Å²) in [7, 11) is 0. The molecule has 1 N–H and O–H groups in total. The molecule has 2 aromatic carbocycles. The van der Waals surface area contributed by atoms with Crippen LogP contribution >= 0.6 is 11.8 Å². The van der Waals surface area contributed by atoms with Crippen molar-refractivity contribution in [3.63, 3.8) is 0 Å². The first-order chi connectivity index (χ1) is 15.0. The van der Waals surface area contributed by atoms with E-state index in [0.29, 0.717) is 33.7 Å². The van der Waals surface area contributed by atoms with Gasteiger partial charge in [0, 0.05) is 11.4 Å². The molecular weight excluding hydrogens is 415 g/mol. The van der Waals surface area contributed by atoms with E-state index in [-0.39, 0.29) is 18.4 Å². The lowest BCUT2D eigenvalue weighted by atomic mass is 9.95. The number of ether oxygens (including phenoxy) is 1. The third kappa shape index (κ3) is 4.34. The van der Waals surface area contributed by atoms with Gasteiger partial charge in [0.15, 0.2) is 0 Å². The van der Waals surface area contributed by atoms with Gasteiger partial charge in [-0.15, -0.1) is 5.10 Å². The molecule has 1 aromatic heterocycles. The number of anilines is 1. The van der Waals surface area contributed by atoms with Gasteiger partial charge in [-0.2, -0.15) is 4.98 Å². The Morgan fingerprint density at radius 1 is 1.19 bits per heavy atom. The number of esters is 1. The first kappa shape index (κ1) is 21.1. The largest absolute Gasteiger partial charge is 0.463 e. The molecule has 31 heavy (non-hydrogen) atoms. The average molecular weight is 439 g/mol. The third-order valence-corrected chi connectivity index (χ3v) is 5.92. The van der Waals surface area contributed by atoms with Gasteiger partial charge in [0.25, 0.3) is 0 Å². The summed E-state index contributed by atoms with van der Waals surface area (Å²) in [6, 6.07) is 14.2. The highest BCUT2D eigenvalue weighted by molar-refractivity contribution is 7.98. The van der Waals surface area contributed by atoms with E-state index in [4.69, 9.17) is 4.74 Å². The Hall–Kier alpha value is -3.13. The fourth-order valence-corrected chi connectivity index (χ4v) is 4.30. The summed E-state index contributed by atoms with van der Waals surface area (Å²) in [6.45, 7) is 5.91. The first-order valence-corrected chi connectivity index (χ1v) is 11.0. The predicted molar refractivity (Wildman–Crippen MR) is 118 cm³/mol. The van der Waals surface area contributed by atoms with E-state index in [0.717, 1.165) is 11.1 Å². The lowest BCUT2D eigenvalue weighted by molar-refractivity contribution is -0.139. The number of allylic oxidation sites excluding steroid dienone is 1. The summed E-state index contributed by atoms with van der Waals surface area (Å²) < 4.78 is 21.0. The van der Waals surface area contributed by atoms with Crippen molar-refractivity contribution in [2.24, 2.45) is 0 Å². The van der Waals surface area contributed by atoms with Crippen LogP contribution in [0.1, 0.15) is 36.6 Å². The zero-order valence-corrected chi connectivity index (χ0v) is 18.4. The van der Waals surface area contributed by atoms with Crippen molar-refractivity contribution in [3.8, 4) is 0 Å². The Morgan fingerprint density at radius 3 is 2.65 bits per heavy atom. The van der Waals surface area contributed by atoms with Crippen LogP contribution in [0.2, 0.25) is 0 Å². The average Bonchev–Trinajstić information content (AvgIpc) is 3.15. The van der Waals surface area contributed by atoms with E-state index < -0.39 is 6.04 Å². The van der Waals surface area contributed by atoms with E-state index in [2.05, 4.69) is 15.4 Å². The first-order valence-electron chi connectivity index (χ1n) is 10.0. The molecule has 3 aromatic rings. The summed E-state index contributed by atoms with van der Waals surface area (Å²) >= 11 is 1.34. The normalized spacial score (nSPS) is 15.4. The molecule has 0 fully saturated rings. The number of fused-ring (bicyclic) bond motifs is 1. The molecule has 0 aliphatic carbocycles. The predicted octanol–water partition coefficient (Wildman–Crippen LogP) is 4.87. The Morgan fingerprint density at radius 2 is 1.94 bits per heavy atom. The molecule has 0 amide bonds. The molecule has 1 aliphatic heterocycles. The number of nitrogens with one attached hydrogen (secondary N) is 1. The number of hydrogen-bond donors (Lipinski definition) is 1. The highest BCUT2D eigenvalue weighted by atomic mass is 32.2. The lowest BCUT2D eigenvalue weighted by Crippen LogP contribution is -2.29. The molecular formula is C23H23FN4O2S. The smallest absolute Gasteiger partial charge is 0.338 e. The van der Waals surface area contributed by atoms with E-state index >= 15 is 0 Å². The Kier molecular flexibility index (Phi) is 6.08. The molecule has 8 heteroatoms. The molecule has 0 radical (unpaired) electrons. The molecule has 0 saturated carbocycles. The van der Waals surface area contributed by atoms with Crippen LogP contribution in [-0.4, -0.2) is 27.3 Å². The van der Waals surface area contributed by atoms with Crippen LogP contribution in [0.25, 0.3) is 0 Å². The summed E-state index contributed by atoms with van der Waals surface area (Å²) in [4.78, 5) is 17.4. The van der Waals surface area contributed by atoms with Crippen LogP contribution in [0, 0.1) is 12.7 Å². The summed E-state index contributed by atoms with van der Waals surface area (Å²) in [5.41, 5.74) is 3.79. The molecule has 160 valence electrons. The van der Waals surface area contributed by atoms with Crippen LogP contribution in [0.5, 0.6) is 0 Å². The fourth-order valence-electron chi connectivity index (χ4n) is 3.48. The third-order valence-electron chi connectivity index (χ3n) is 5.04. The minimum atomic E-state index is -0.466. The van der Waals surface area contributed by atoms with E-state index in [1.807, 2.05) is 38.1 Å². The lowest BCUT2D eigenvalue weighted by Gasteiger charge is -2.28. The van der Waals surface area contributed by atoms with Crippen LogP contribution in [0.15, 0.2) is 65.0 Å². The Balaban J connectivity index is 1.70. The number of rotatable bonds is 6. The zero-order valence-electron chi connectivity index (χ0n) is 17.6. The van der Waals surface area contributed by atoms with E-state index in [9.17, 15) is 9.18 Å². The molecule has 0 bridgehead atoms. The van der Waals surface area contributed by atoms with E-state index in [1.54, 1.807) is 29.8 Å². The van der Waals surface area contributed by atoms with Gasteiger partial charge in [-0.05, 0) is 38.0 Å². The molecule has 0 saturated heterocycles. The second-order valence-corrected chi connectivity index (χ2v) is 8.18. The van der Waals surface area contributed by atoms with Crippen molar-refractivity contribution >= 4 is 23.7 Å². The zero-order chi connectivity index (χ0) is 22.0. The summed E-state index contributed by atoms with van der Waals surface area (Å²) in [5.74, 6) is 0.298. The van der Waals surface area contributed by atoms with Crippen molar-refractivity contribution in [3.05, 3.63) is 82.3 Å². The SMILES string of the molecule is CCOC(=O)C1=C(C)Nc2nc(SCc3ccccc3F)nn2[C@H]1c1ccc(C)cc1.